The van der Waals surface area contributed by atoms with Crippen molar-refractivity contribution < 1.29 is 4.74 Å². The fourth-order valence-corrected chi connectivity index (χ4v) is 2.58. The molecule has 1 atom stereocenters. The molecule has 2 rings (SSSR count). The minimum Gasteiger partial charge on any atom is -0.375 e. The number of hydrogen-bond donors (Lipinski definition) is 2. The Kier molecular flexibility index (Phi) is 4.18. The van der Waals surface area contributed by atoms with Gasteiger partial charge in [-0.3, -0.25) is 0 Å². The Labute approximate surface area is 103 Å². The standard InChI is InChI=1S/C13H23N3O/c1-3-13(4-2)9-11(5-8-17-13)16-10-12-14-6-7-15-12/h6-7,11,16H,3-5,8-10H2,1-2H3,(H,14,15). The van der Waals surface area contributed by atoms with Gasteiger partial charge in [-0.1, -0.05) is 13.8 Å². The third kappa shape index (κ3) is 3.07. The highest BCUT2D eigenvalue weighted by Crippen LogP contribution is 2.31. The van der Waals surface area contributed by atoms with Gasteiger partial charge >= 0.3 is 0 Å². The Bertz CT molecular complexity index is 319. The molecule has 0 spiro atoms. The van der Waals surface area contributed by atoms with Crippen molar-refractivity contribution in [3.8, 4) is 0 Å². The molecule has 1 aromatic rings. The van der Waals surface area contributed by atoms with Crippen LogP contribution in [0.5, 0.6) is 0 Å². The summed E-state index contributed by atoms with van der Waals surface area (Å²) in [6.45, 7) is 6.13. The van der Waals surface area contributed by atoms with Crippen molar-refractivity contribution in [1.29, 1.82) is 0 Å². The number of rotatable bonds is 5. The Morgan fingerprint density at radius 3 is 3.00 bits per heavy atom. The van der Waals surface area contributed by atoms with Gasteiger partial charge in [-0.25, -0.2) is 4.98 Å². The van der Waals surface area contributed by atoms with E-state index in [1.165, 1.54) is 0 Å². The van der Waals surface area contributed by atoms with Crippen LogP contribution in [0.1, 0.15) is 45.4 Å². The van der Waals surface area contributed by atoms with E-state index in [1.807, 2.05) is 6.20 Å². The summed E-state index contributed by atoms with van der Waals surface area (Å²) in [5.41, 5.74) is 0.0963. The lowest BCUT2D eigenvalue weighted by molar-refractivity contribution is -0.0932. The predicted octanol–water partition coefficient (Wildman–Crippen LogP) is 2.24. The number of aromatic amines is 1. The van der Waals surface area contributed by atoms with Crippen LogP contribution in [0.2, 0.25) is 0 Å². The Morgan fingerprint density at radius 1 is 1.53 bits per heavy atom. The molecule has 4 heteroatoms. The van der Waals surface area contributed by atoms with E-state index in [0.717, 1.165) is 44.7 Å². The Balaban J connectivity index is 1.85. The maximum Gasteiger partial charge on any atom is 0.120 e. The molecule has 2 heterocycles. The van der Waals surface area contributed by atoms with E-state index in [0.29, 0.717) is 6.04 Å². The fourth-order valence-electron chi connectivity index (χ4n) is 2.58. The average molecular weight is 237 g/mol. The third-order valence-electron chi connectivity index (χ3n) is 3.89. The molecule has 1 unspecified atom stereocenters. The largest absolute Gasteiger partial charge is 0.375 e. The van der Waals surface area contributed by atoms with Crippen LogP contribution in [0, 0.1) is 0 Å². The van der Waals surface area contributed by atoms with Crippen LogP contribution in [0.15, 0.2) is 12.4 Å². The zero-order chi connectivity index (χ0) is 12.1. The van der Waals surface area contributed by atoms with Crippen molar-refractivity contribution in [2.24, 2.45) is 0 Å². The minimum absolute atomic E-state index is 0.0963. The summed E-state index contributed by atoms with van der Waals surface area (Å²) in [6, 6.07) is 0.550. The first kappa shape index (κ1) is 12.6. The second-order valence-electron chi connectivity index (χ2n) is 4.85. The Hall–Kier alpha value is -0.870. The number of H-pyrrole nitrogens is 1. The van der Waals surface area contributed by atoms with E-state index in [-0.39, 0.29) is 5.60 Å². The van der Waals surface area contributed by atoms with Crippen LogP contribution < -0.4 is 5.32 Å². The summed E-state index contributed by atoms with van der Waals surface area (Å²) in [4.78, 5) is 7.35. The van der Waals surface area contributed by atoms with Crippen molar-refractivity contribution >= 4 is 0 Å². The molecule has 96 valence electrons. The predicted molar refractivity (Wildman–Crippen MR) is 67.7 cm³/mol. The van der Waals surface area contributed by atoms with E-state index in [4.69, 9.17) is 4.74 Å². The molecule has 2 N–H and O–H groups in total. The lowest BCUT2D eigenvalue weighted by Crippen LogP contribution is -2.46. The van der Waals surface area contributed by atoms with Crippen LogP contribution in [0.4, 0.5) is 0 Å². The van der Waals surface area contributed by atoms with Crippen molar-refractivity contribution in [2.75, 3.05) is 6.61 Å². The second-order valence-corrected chi connectivity index (χ2v) is 4.85. The van der Waals surface area contributed by atoms with Crippen LogP contribution in [-0.2, 0) is 11.3 Å². The zero-order valence-corrected chi connectivity index (χ0v) is 10.8. The highest BCUT2D eigenvalue weighted by molar-refractivity contribution is 4.91. The number of hydrogen-bond acceptors (Lipinski definition) is 3. The lowest BCUT2D eigenvalue weighted by atomic mass is 9.86. The lowest BCUT2D eigenvalue weighted by Gasteiger charge is -2.40. The first-order valence-corrected chi connectivity index (χ1v) is 6.63. The molecule has 1 aliphatic rings. The second kappa shape index (κ2) is 5.65. The monoisotopic (exact) mass is 237 g/mol. The molecule has 0 aliphatic carbocycles. The molecule has 17 heavy (non-hydrogen) atoms. The molecule has 1 saturated heterocycles. The number of imidazole rings is 1. The van der Waals surface area contributed by atoms with Crippen molar-refractivity contribution in [1.82, 2.24) is 15.3 Å². The van der Waals surface area contributed by atoms with Crippen LogP contribution >= 0.6 is 0 Å². The summed E-state index contributed by atoms with van der Waals surface area (Å²) in [6.07, 6.45) is 8.07. The van der Waals surface area contributed by atoms with Crippen LogP contribution in [-0.4, -0.2) is 28.2 Å². The minimum atomic E-state index is 0.0963. The molecule has 0 saturated carbocycles. The van der Waals surface area contributed by atoms with E-state index in [9.17, 15) is 0 Å². The summed E-state index contributed by atoms with van der Waals surface area (Å²) >= 11 is 0. The van der Waals surface area contributed by atoms with E-state index in [1.54, 1.807) is 6.20 Å². The number of ether oxygens (including phenoxy) is 1. The molecule has 1 aliphatic heterocycles. The maximum atomic E-state index is 5.97. The highest BCUT2D eigenvalue weighted by atomic mass is 16.5. The molecule has 0 bridgehead atoms. The van der Waals surface area contributed by atoms with Gasteiger partial charge < -0.3 is 15.0 Å². The van der Waals surface area contributed by atoms with Gasteiger partial charge in [0.1, 0.15) is 5.82 Å². The molecular formula is C13H23N3O. The molecule has 1 fully saturated rings. The fraction of sp³-hybridized carbons (Fsp3) is 0.769. The van der Waals surface area contributed by atoms with E-state index >= 15 is 0 Å². The number of nitrogens with one attached hydrogen (secondary N) is 2. The molecule has 4 nitrogen and oxygen atoms in total. The van der Waals surface area contributed by atoms with Gasteiger partial charge in [0.15, 0.2) is 0 Å². The smallest absolute Gasteiger partial charge is 0.120 e. The first-order valence-electron chi connectivity index (χ1n) is 6.63. The summed E-state index contributed by atoms with van der Waals surface area (Å²) in [5, 5.41) is 3.57. The average Bonchev–Trinajstić information content (AvgIpc) is 2.90. The maximum absolute atomic E-state index is 5.97. The summed E-state index contributed by atoms with van der Waals surface area (Å²) in [5.74, 6) is 1.01. The molecular weight excluding hydrogens is 214 g/mol. The number of nitrogens with zero attached hydrogens (tertiary/aromatic N) is 1. The van der Waals surface area contributed by atoms with Gasteiger partial charge in [-0.05, 0) is 25.7 Å². The van der Waals surface area contributed by atoms with Gasteiger partial charge in [0.05, 0.1) is 12.1 Å². The van der Waals surface area contributed by atoms with E-state index in [2.05, 4.69) is 29.1 Å². The third-order valence-corrected chi connectivity index (χ3v) is 3.89. The topological polar surface area (TPSA) is 49.9 Å². The van der Waals surface area contributed by atoms with Crippen LogP contribution in [0.3, 0.4) is 0 Å². The van der Waals surface area contributed by atoms with Gasteiger partial charge in [0, 0.05) is 25.0 Å². The quantitative estimate of drug-likeness (QED) is 0.825. The first-order chi connectivity index (χ1) is 8.28. The summed E-state index contributed by atoms with van der Waals surface area (Å²) < 4.78 is 5.97. The van der Waals surface area contributed by atoms with Gasteiger partial charge in [-0.2, -0.15) is 0 Å². The van der Waals surface area contributed by atoms with Crippen molar-refractivity contribution in [2.45, 2.75) is 57.7 Å². The normalized spacial score (nSPS) is 23.8. The Morgan fingerprint density at radius 2 is 2.35 bits per heavy atom. The molecule has 1 aromatic heterocycles. The van der Waals surface area contributed by atoms with Crippen molar-refractivity contribution in [3.63, 3.8) is 0 Å². The van der Waals surface area contributed by atoms with Crippen LogP contribution in [0.25, 0.3) is 0 Å². The molecule has 0 radical (unpaired) electrons. The van der Waals surface area contributed by atoms with Crippen molar-refractivity contribution in [3.05, 3.63) is 18.2 Å². The number of aromatic nitrogens is 2. The zero-order valence-electron chi connectivity index (χ0n) is 10.8. The summed E-state index contributed by atoms with van der Waals surface area (Å²) in [7, 11) is 0. The SMILES string of the molecule is CCC1(CC)CC(NCc2ncc[nH]2)CCO1. The van der Waals surface area contributed by atoms with Gasteiger partial charge in [-0.15, -0.1) is 0 Å². The highest BCUT2D eigenvalue weighted by Gasteiger charge is 2.34. The van der Waals surface area contributed by atoms with Gasteiger partial charge in [0.25, 0.3) is 0 Å². The van der Waals surface area contributed by atoms with E-state index < -0.39 is 0 Å². The molecule has 0 aromatic carbocycles. The van der Waals surface area contributed by atoms with Gasteiger partial charge in [0.2, 0.25) is 0 Å². The molecule has 0 amide bonds.